The van der Waals surface area contributed by atoms with Gasteiger partial charge in [0, 0.05) is 29.8 Å². The lowest BCUT2D eigenvalue weighted by Crippen LogP contribution is -2.54. The van der Waals surface area contributed by atoms with E-state index in [1.54, 1.807) is 12.1 Å². The van der Waals surface area contributed by atoms with Gasteiger partial charge in [0.25, 0.3) is 5.69 Å². The first-order chi connectivity index (χ1) is 19.1. The molecule has 2 aliphatic rings. The van der Waals surface area contributed by atoms with E-state index in [4.69, 9.17) is 9.47 Å². The van der Waals surface area contributed by atoms with Gasteiger partial charge in [0.15, 0.2) is 12.5 Å². The van der Waals surface area contributed by atoms with Crippen molar-refractivity contribution >= 4 is 11.4 Å². The average molecular weight is 521 g/mol. The zero-order valence-corrected chi connectivity index (χ0v) is 22.0. The Morgan fingerprint density at radius 1 is 0.846 bits per heavy atom. The number of hydrogen-bond acceptors (Lipinski definition) is 5. The van der Waals surface area contributed by atoms with Gasteiger partial charge in [-0.25, -0.2) is 0 Å². The molecule has 0 unspecified atom stereocenters. The van der Waals surface area contributed by atoms with Crippen LogP contribution in [0.25, 0.3) is 0 Å². The molecule has 0 amide bonds. The molecule has 0 saturated carbocycles. The number of hydrogen-bond donors (Lipinski definition) is 0. The quantitative estimate of drug-likeness (QED) is 0.133. The maximum atomic E-state index is 11.8. The molecule has 2 atom stereocenters. The van der Waals surface area contributed by atoms with E-state index in [1.807, 2.05) is 48.5 Å². The van der Waals surface area contributed by atoms with E-state index in [9.17, 15) is 10.1 Å². The highest BCUT2D eigenvalue weighted by Gasteiger charge is 2.51. The number of fused-ring (bicyclic) bond motifs is 5. The standard InChI is InChI=1S/C33H32N2O4/c1-2-3-4-11-20-31-34-29-19-13-12-18-28(29)33(24-14-7-5-8-15-24,25-16-9-6-10-17-25)39-32(34)27-23-26(35(36)37)21-22-30(27)38-31/h5-10,12-19,21-23,31-32H,2-4,11,20H2,1H3/t31-,32+/m0/s1. The van der Waals surface area contributed by atoms with Crippen LogP contribution in [0.2, 0.25) is 0 Å². The van der Waals surface area contributed by atoms with Crippen molar-refractivity contribution in [1.29, 1.82) is 0 Å². The van der Waals surface area contributed by atoms with Crippen LogP contribution in [0.1, 0.15) is 67.5 Å². The van der Waals surface area contributed by atoms with Gasteiger partial charge in [-0.2, -0.15) is 0 Å². The van der Waals surface area contributed by atoms with Crippen LogP contribution >= 0.6 is 0 Å². The van der Waals surface area contributed by atoms with Gasteiger partial charge in [0.2, 0.25) is 0 Å². The summed E-state index contributed by atoms with van der Waals surface area (Å²) in [6.07, 6.45) is 4.47. The maximum absolute atomic E-state index is 11.8. The van der Waals surface area contributed by atoms with Crippen molar-refractivity contribution in [2.45, 2.75) is 57.1 Å². The van der Waals surface area contributed by atoms with Crippen molar-refractivity contribution in [3.63, 3.8) is 0 Å². The summed E-state index contributed by atoms with van der Waals surface area (Å²) in [6, 6.07) is 33.7. The fourth-order valence-corrected chi connectivity index (χ4v) is 5.99. The summed E-state index contributed by atoms with van der Waals surface area (Å²) in [4.78, 5) is 13.6. The van der Waals surface area contributed by atoms with Gasteiger partial charge in [0.05, 0.1) is 10.5 Å². The summed E-state index contributed by atoms with van der Waals surface area (Å²) in [5.41, 5.74) is 3.80. The second-order valence-corrected chi connectivity index (χ2v) is 10.2. The third-order valence-corrected chi connectivity index (χ3v) is 7.81. The molecule has 198 valence electrons. The van der Waals surface area contributed by atoms with E-state index < -0.39 is 11.8 Å². The van der Waals surface area contributed by atoms with Crippen molar-refractivity contribution in [2.75, 3.05) is 4.90 Å². The molecular formula is C33H32N2O4. The molecule has 6 nitrogen and oxygen atoms in total. The Morgan fingerprint density at radius 3 is 2.18 bits per heavy atom. The van der Waals surface area contributed by atoms with Gasteiger partial charge in [-0.3, -0.25) is 10.1 Å². The first-order valence-electron chi connectivity index (χ1n) is 13.7. The Bertz CT molecular complexity index is 1420. The van der Waals surface area contributed by atoms with Crippen LogP contribution in [0.3, 0.4) is 0 Å². The summed E-state index contributed by atoms with van der Waals surface area (Å²) in [6.45, 7) is 2.21. The fraction of sp³-hybridized carbons (Fsp3) is 0.273. The molecule has 0 radical (unpaired) electrons. The number of anilines is 1. The van der Waals surface area contributed by atoms with Crippen LogP contribution in [-0.2, 0) is 10.3 Å². The van der Waals surface area contributed by atoms with Crippen molar-refractivity contribution < 1.29 is 14.4 Å². The maximum Gasteiger partial charge on any atom is 0.270 e. The molecule has 0 N–H and O–H groups in total. The van der Waals surface area contributed by atoms with Crippen LogP contribution in [0.15, 0.2) is 103 Å². The highest BCUT2D eigenvalue weighted by Crippen LogP contribution is 2.56. The Labute approximate surface area is 229 Å². The lowest BCUT2D eigenvalue weighted by molar-refractivity contribution is -0.385. The van der Waals surface area contributed by atoms with Crippen molar-refractivity contribution in [2.24, 2.45) is 0 Å². The van der Waals surface area contributed by atoms with Gasteiger partial charge < -0.3 is 14.4 Å². The summed E-state index contributed by atoms with van der Waals surface area (Å²) in [7, 11) is 0. The number of nitro groups is 1. The van der Waals surface area contributed by atoms with Gasteiger partial charge in [-0.15, -0.1) is 0 Å². The first kappa shape index (κ1) is 25.1. The summed E-state index contributed by atoms with van der Waals surface area (Å²) >= 11 is 0. The molecular weight excluding hydrogens is 488 g/mol. The summed E-state index contributed by atoms with van der Waals surface area (Å²) in [5.74, 6) is 0.636. The third kappa shape index (κ3) is 4.35. The highest BCUT2D eigenvalue weighted by atomic mass is 16.6. The molecule has 0 spiro atoms. The second-order valence-electron chi connectivity index (χ2n) is 10.2. The predicted octanol–water partition coefficient (Wildman–Crippen LogP) is 8.11. The Morgan fingerprint density at radius 2 is 1.51 bits per heavy atom. The Hall–Kier alpha value is -4.16. The second kappa shape index (κ2) is 10.5. The molecule has 4 aromatic rings. The van der Waals surface area contributed by atoms with Gasteiger partial charge in [0.1, 0.15) is 11.4 Å². The number of ether oxygens (including phenoxy) is 2. The molecule has 0 saturated heterocycles. The van der Waals surface area contributed by atoms with E-state index in [0.717, 1.165) is 48.1 Å². The minimum atomic E-state index is -0.924. The van der Waals surface area contributed by atoms with Crippen LogP contribution < -0.4 is 9.64 Å². The molecule has 0 aliphatic carbocycles. The highest BCUT2D eigenvalue weighted by molar-refractivity contribution is 5.67. The minimum absolute atomic E-state index is 0.0196. The lowest BCUT2D eigenvalue weighted by Gasteiger charge is -2.53. The topological polar surface area (TPSA) is 64.8 Å². The van der Waals surface area contributed by atoms with Gasteiger partial charge >= 0.3 is 0 Å². The number of non-ortho nitro benzene ring substituents is 1. The third-order valence-electron chi connectivity index (χ3n) is 7.81. The molecule has 2 aliphatic heterocycles. The van der Waals surface area contributed by atoms with E-state index in [-0.39, 0.29) is 16.8 Å². The van der Waals surface area contributed by atoms with Gasteiger partial charge in [-0.05, 0) is 29.7 Å². The molecule has 2 heterocycles. The van der Waals surface area contributed by atoms with Crippen LogP contribution in [0.5, 0.6) is 5.75 Å². The van der Waals surface area contributed by atoms with Crippen molar-refractivity contribution in [3.05, 3.63) is 135 Å². The molecule has 39 heavy (non-hydrogen) atoms. The van der Waals surface area contributed by atoms with Crippen LogP contribution in [-0.4, -0.2) is 11.2 Å². The number of nitro benzene ring substituents is 1. The summed E-state index contributed by atoms with van der Waals surface area (Å²) in [5, 5.41) is 11.8. The molecule has 6 heteroatoms. The fourth-order valence-electron chi connectivity index (χ4n) is 5.99. The monoisotopic (exact) mass is 520 g/mol. The smallest absolute Gasteiger partial charge is 0.270 e. The Kier molecular flexibility index (Phi) is 6.79. The lowest BCUT2D eigenvalue weighted by atomic mass is 9.77. The van der Waals surface area contributed by atoms with Crippen molar-refractivity contribution in [3.8, 4) is 5.75 Å². The van der Waals surface area contributed by atoms with Crippen LogP contribution in [0.4, 0.5) is 11.4 Å². The molecule has 4 aromatic carbocycles. The minimum Gasteiger partial charge on any atom is -0.470 e. The zero-order valence-electron chi connectivity index (χ0n) is 22.0. The zero-order chi connectivity index (χ0) is 26.8. The Balaban J connectivity index is 1.59. The normalized spacial score (nSPS) is 18.8. The number of nitrogens with zero attached hydrogens (tertiary/aromatic N) is 2. The average Bonchev–Trinajstić information content (AvgIpc) is 2.99. The van der Waals surface area contributed by atoms with Gasteiger partial charge in [-0.1, -0.05) is 105 Å². The largest absolute Gasteiger partial charge is 0.470 e. The molecule has 0 bridgehead atoms. The van der Waals surface area contributed by atoms with Crippen LogP contribution in [0, 0.1) is 10.1 Å². The van der Waals surface area contributed by atoms with E-state index in [1.165, 1.54) is 12.5 Å². The molecule has 0 aromatic heterocycles. The SMILES string of the molecule is CCCCCC[C@@H]1Oc2ccc([N+](=O)[O-])cc2[C@H]2OC(c3ccccc3)(c3ccccc3)c3ccccc3N12. The van der Waals surface area contributed by atoms with Crippen molar-refractivity contribution in [1.82, 2.24) is 0 Å². The molecule has 0 fully saturated rings. The first-order valence-corrected chi connectivity index (χ1v) is 13.7. The predicted molar refractivity (Wildman–Crippen MR) is 152 cm³/mol. The van der Waals surface area contributed by atoms with E-state index in [0.29, 0.717) is 11.3 Å². The van der Waals surface area contributed by atoms with E-state index in [2.05, 4.69) is 48.2 Å². The molecule has 6 rings (SSSR count). The summed E-state index contributed by atoms with van der Waals surface area (Å²) < 4.78 is 13.9. The number of rotatable bonds is 8. The number of para-hydroxylation sites is 1. The number of benzene rings is 4. The van der Waals surface area contributed by atoms with E-state index >= 15 is 0 Å². The number of unbranched alkanes of at least 4 members (excludes halogenated alkanes) is 3.